The third-order valence-corrected chi connectivity index (χ3v) is 2.30. The predicted octanol–water partition coefficient (Wildman–Crippen LogP) is 1.49. The second kappa shape index (κ2) is 4.14. The Labute approximate surface area is 72.3 Å². The molecule has 1 rings (SSSR count). The maximum absolute atomic E-state index is 10.5. The summed E-state index contributed by atoms with van der Waals surface area (Å²) in [5.74, 6) is -0.645. The van der Waals surface area contributed by atoms with E-state index in [0.717, 1.165) is 12.8 Å². The molecular formula is C9H15NO2. The first-order chi connectivity index (χ1) is 5.70. The number of carbonyl (C=O) groups is 1. The standard InChI is InChI=1S/C9H15NO2/c10-9(12)8(11)6-7-4-2-1-3-5-7/h6-7,11H,1-5H2,(H2,10,12)/b8-6+. The van der Waals surface area contributed by atoms with Crippen molar-refractivity contribution >= 4 is 5.91 Å². The maximum Gasteiger partial charge on any atom is 0.283 e. The van der Waals surface area contributed by atoms with Crippen LogP contribution in [0.2, 0.25) is 0 Å². The number of primary amides is 1. The summed E-state index contributed by atoms with van der Waals surface area (Å²) in [5, 5.41) is 9.07. The van der Waals surface area contributed by atoms with E-state index in [-0.39, 0.29) is 5.76 Å². The van der Waals surface area contributed by atoms with Crippen LogP contribution in [0.4, 0.5) is 0 Å². The Bertz CT molecular complexity index is 193. The normalized spacial score (nSPS) is 20.8. The monoisotopic (exact) mass is 169 g/mol. The SMILES string of the molecule is NC(=O)/C(O)=C\C1CCCCC1. The lowest BCUT2D eigenvalue weighted by atomic mass is 9.89. The zero-order valence-electron chi connectivity index (χ0n) is 7.12. The molecule has 12 heavy (non-hydrogen) atoms. The molecule has 1 saturated carbocycles. The summed E-state index contributed by atoms with van der Waals surface area (Å²) in [4.78, 5) is 10.5. The molecule has 0 aromatic heterocycles. The van der Waals surface area contributed by atoms with Crippen LogP contribution < -0.4 is 5.73 Å². The van der Waals surface area contributed by atoms with Crippen molar-refractivity contribution in [1.82, 2.24) is 0 Å². The van der Waals surface area contributed by atoms with E-state index in [0.29, 0.717) is 5.92 Å². The summed E-state index contributed by atoms with van der Waals surface area (Å²) >= 11 is 0. The van der Waals surface area contributed by atoms with Gasteiger partial charge in [-0.2, -0.15) is 0 Å². The van der Waals surface area contributed by atoms with Gasteiger partial charge in [-0.25, -0.2) is 0 Å². The number of aliphatic hydroxyl groups excluding tert-OH is 1. The first-order valence-corrected chi connectivity index (χ1v) is 4.40. The number of carbonyl (C=O) groups excluding carboxylic acids is 1. The molecule has 1 fully saturated rings. The van der Waals surface area contributed by atoms with Gasteiger partial charge in [0.1, 0.15) is 0 Å². The summed E-state index contributed by atoms with van der Waals surface area (Å²) in [6, 6.07) is 0. The predicted molar refractivity (Wildman–Crippen MR) is 46.5 cm³/mol. The van der Waals surface area contributed by atoms with E-state index in [2.05, 4.69) is 0 Å². The number of rotatable bonds is 2. The third-order valence-electron chi connectivity index (χ3n) is 2.30. The van der Waals surface area contributed by atoms with Crippen LogP contribution in [0.25, 0.3) is 0 Å². The second-order valence-electron chi connectivity index (χ2n) is 3.31. The fraction of sp³-hybridized carbons (Fsp3) is 0.667. The molecule has 1 amide bonds. The van der Waals surface area contributed by atoms with Gasteiger partial charge in [0.2, 0.25) is 0 Å². The van der Waals surface area contributed by atoms with E-state index in [4.69, 9.17) is 10.8 Å². The Hall–Kier alpha value is -0.990. The lowest BCUT2D eigenvalue weighted by Crippen LogP contribution is -2.15. The summed E-state index contributed by atoms with van der Waals surface area (Å²) < 4.78 is 0. The molecule has 0 aliphatic heterocycles. The molecule has 0 aromatic rings. The zero-order chi connectivity index (χ0) is 8.97. The van der Waals surface area contributed by atoms with E-state index in [1.807, 2.05) is 0 Å². The van der Waals surface area contributed by atoms with E-state index in [1.54, 1.807) is 6.08 Å². The van der Waals surface area contributed by atoms with Crippen LogP contribution in [0.5, 0.6) is 0 Å². The number of hydrogen-bond acceptors (Lipinski definition) is 2. The molecule has 0 unspecified atom stereocenters. The van der Waals surface area contributed by atoms with Gasteiger partial charge in [0.25, 0.3) is 5.91 Å². The Morgan fingerprint density at radius 1 is 1.33 bits per heavy atom. The van der Waals surface area contributed by atoms with Gasteiger partial charge in [0.05, 0.1) is 0 Å². The first kappa shape index (κ1) is 9.10. The van der Waals surface area contributed by atoms with Crippen LogP contribution in [0.1, 0.15) is 32.1 Å². The van der Waals surface area contributed by atoms with E-state index >= 15 is 0 Å². The molecule has 3 N–H and O–H groups in total. The highest BCUT2D eigenvalue weighted by Gasteiger charge is 2.13. The number of amides is 1. The highest BCUT2D eigenvalue weighted by atomic mass is 16.3. The lowest BCUT2D eigenvalue weighted by Gasteiger charge is -2.17. The molecule has 3 heteroatoms. The summed E-state index contributed by atoms with van der Waals surface area (Å²) in [5.41, 5.74) is 4.90. The average Bonchev–Trinajstić information content (AvgIpc) is 2.06. The van der Waals surface area contributed by atoms with Crippen LogP contribution >= 0.6 is 0 Å². The van der Waals surface area contributed by atoms with Gasteiger partial charge in [0.15, 0.2) is 5.76 Å². The second-order valence-corrected chi connectivity index (χ2v) is 3.31. The molecule has 3 nitrogen and oxygen atoms in total. The van der Waals surface area contributed by atoms with Crippen molar-refractivity contribution in [2.75, 3.05) is 0 Å². The Morgan fingerprint density at radius 3 is 2.42 bits per heavy atom. The quantitative estimate of drug-likeness (QED) is 0.486. The maximum atomic E-state index is 10.5. The van der Waals surface area contributed by atoms with E-state index in [1.165, 1.54) is 19.3 Å². The van der Waals surface area contributed by atoms with Crippen molar-refractivity contribution in [3.63, 3.8) is 0 Å². The summed E-state index contributed by atoms with van der Waals surface area (Å²) in [6.07, 6.45) is 7.37. The smallest absolute Gasteiger partial charge is 0.283 e. The highest BCUT2D eigenvalue weighted by molar-refractivity contribution is 5.89. The fourth-order valence-electron chi connectivity index (χ4n) is 1.61. The minimum absolute atomic E-state index is 0.276. The molecule has 0 spiro atoms. The van der Waals surface area contributed by atoms with Crippen molar-refractivity contribution in [2.45, 2.75) is 32.1 Å². The first-order valence-electron chi connectivity index (χ1n) is 4.40. The third kappa shape index (κ3) is 2.57. The van der Waals surface area contributed by atoms with Crippen LogP contribution in [0.15, 0.2) is 11.8 Å². The Kier molecular flexibility index (Phi) is 3.14. The van der Waals surface area contributed by atoms with Gasteiger partial charge in [-0.15, -0.1) is 0 Å². The van der Waals surface area contributed by atoms with Gasteiger partial charge in [-0.3, -0.25) is 4.79 Å². The average molecular weight is 169 g/mol. The molecule has 0 heterocycles. The largest absolute Gasteiger partial charge is 0.503 e. The van der Waals surface area contributed by atoms with Crippen LogP contribution in [-0.4, -0.2) is 11.0 Å². The van der Waals surface area contributed by atoms with Gasteiger partial charge >= 0.3 is 0 Å². The van der Waals surface area contributed by atoms with Gasteiger partial charge in [-0.1, -0.05) is 19.3 Å². The molecule has 0 bridgehead atoms. The molecular weight excluding hydrogens is 154 g/mol. The van der Waals surface area contributed by atoms with Crippen molar-refractivity contribution in [1.29, 1.82) is 0 Å². The molecule has 0 radical (unpaired) electrons. The Balaban J connectivity index is 2.47. The molecule has 0 aromatic carbocycles. The topological polar surface area (TPSA) is 63.3 Å². The zero-order valence-corrected chi connectivity index (χ0v) is 7.12. The summed E-state index contributed by atoms with van der Waals surface area (Å²) in [6.45, 7) is 0. The van der Waals surface area contributed by atoms with Gasteiger partial charge in [0, 0.05) is 0 Å². The van der Waals surface area contributed by atoms with Crippen molar-refractivity contribution in [3.8, 4) is 0 Å². The number of aliphatic hydroxyl groups is 1. The van der Waals surface area contributed by atoms with Crippen molar-refractivity contribution in [2.24, 2.45) is 11.7 Å². The van der Waals surface area contributed by atoms with Gasteiger partial charge in [-0.05, 0) is 24.8 Å². The summed E-state index contributed by atoms with van der Waals surface area (Å²) in [7, 11) is 0. The molecule has 0 saturated heterocycles. The molecule has 1 aliphatic rings. The van der Waals surface area contributed by atoms with E-state index in [9.17, 15) is 4.79 Å². The minimum Gasteiger partial charge on any atom is -0.503 e. The van der Waals surface area contributed by atoms with E-state index < -0.39 is 5.91 Å². The van der Waals surface area contributed by atoms with Gasteiger partial charge < -0.3 is 10.8 Å². The van der Waals surface area contributed by atoms with Crippen molar-refractivity contribution in [3.05, 3.63) is 11.8 Å². The molecule has 68 valence electrons. The molecule has 0 atom stereocenters. The number of allylic oxidation sites excluding steroid dienone is 1. The number of hydrogen-bond donors (Lipinski definition) is 2. The van der Waals surface area contributed by atoms with Crippen LogP contribution in [0, 0.1) is 5.92 Å². The molecule has 1 aliphatic carbocycles. The Morgan fingerprint density at radius 2 is 1.92 bits per heavy atom. The van der Waals surface area contributed by atoms with Crippen LogP contribution in [-0.2, 0) is 4.79 Å². The number of nitrogens with two attached hydrogens (primary N) is 1. The van der Waals surface area contributed by atoms with Crippen molar-refractivity contribution < 1.29 is 9.90 Å². The highest BCUT2D eigenvalue weighted by Crippen LogP contribution is 2.25. The minimum atomic E-state index is -0.722. The van der Waals surface area contributed by atoms with Crippen LogP contribution in [0.3, 0.4) is 0 Å². The fourth-order valence-corrected chi connectivity index (χ4v) is 1.61. The lowest BCUT2D eigenvalue weighted by molar-refractivity contribution is -0.117.